The fraction of sp³-hybridized carbons (Fsp3) is 0.174. The summed E-state index contributed by atoms with van der Waals surface area (Å²) in [6.45, 7) is 10.0. The minimum Gasteiger partial charge on any atom is -0.391 e. The highest BCUT2D eigenvalue weighted by atomic mass is 19.1. The molecule has 1 aromatic heterocycles. The molecule has 0 atom stereocenters. The lowest BCUT2D eigenvalue weighted by molar-refractivity contribution is 0.175. The Balaban J connectivity index is 2.18. The number of aryl methyl sites for hydroxylation is 1. The third-order valence-electron chi connectivity index (χ3n) is 4.43. The van der Waals surface area contributed by atoms with Crippen LogP contribution >= 0.6 is 0 Å². The van der Waals surface area contributed by atoms with Gasteiger partial charge in [-0.3, -0.25) is 0 Å². The molecule has 1 heterocycles. The third-order valence-corrected chi connectivity index (χ3v) is 4.43. The number of aromatic nitrogens is 1. The van der Waals surface area contributed by atoms with Gasteiger partial charge in [-0.05, 0) is 74.4 Å². The lowest BCUT2D eigenvalue weighted by atomic mass is 10.1. The fourth-order valence-corrected chi connectivity index (χ4v) is 3.14. The molecule has 27 heavy (non-hydrogen) atoms. The van der Waals surface area contributed by atoms with Crippen molar-refractivity contribution in [1.82, 2.24) is 4.57 Å². The van der Waals surface area contributed by atoms with E-state index in [9.17, 15) is 4.39 Å². The van der Waals surface area contributed by atoms with Crippen LogP contribution in [0.1, 0.15) is 23.7 Å². The van der Waals surface area contributed by atoms with Crippen LogP contribution in [-0.4, -0.2) is 16.9 Å². The number of rotatable bonds is 6. The minimum absolute atomic E-state index is 0.250. The molecule has 0 amide bonds. The molecule has 4 heteroatoms. The molecule has 0 saturated heterocycles. The number of hydrogen-bond donors (Lipinski definition) is 0. The molecule has 0 aliphatic rings. The molecule has 0 N–H and O–H groups in total. The average molecular weight is 362 g/mol. The van der Waals surface area contributed by atoms with Gasteiger partial charge in [0.2, 0.25) is 0 Å². The summed E-state index contributed by atoms with van der Waals surface area (Å²) in [6, 6.07) is 16.9. The monoisotopic (exact) mass is 362 g/mol. The summed E-state index contributed by atoms with van der Waals surface area (Å²) in [7, 11) is 0. The van der Waals surface area contributed by atoms with Crippen molar-refractivity contribution in [2.75, 3.05) is 6.61 Å². The van der Waals surface area contributed by atoms with Gasteiger partial charge in [-0.15, -0.1) is 0 Å². The highest BCUT2D eigenvalue weighted by molar-refractivity contribution is 6.01. The summed E-state index contributed by atoms with van der Waals surface area (Å²) >= 11 is 0. The fourth-order valence-electron chi connectivity index (χ4n) is 3.14. The van der Waals surface area contributed by atoms with E-state index in [-0.39, 0.29) is 5.82 Å². The molecule has 0 aliphatic heterocycles. The van der Waals surface area contributed by atoms with Gasteiger partial charge in [-0.1, -0.05) is 29.9 Å². The van der Waals surface area contributed by atoms with E-state index in [0.717, 1.165) is 33.9 Å². The average Bonchev–Trinajstić information content (AvgIpc) is 3.00. The topological polar surface area (TPSA) is 26.5 Å². The van der Waals surface area contributed by atoms with Crippen LogP contribution in [0.3, 0.4) is 0 Å². The number of nitrogens with zero attached hydrogens (tertiary/aromatic N) is 2. The second-order valence-electron chi connectivity index (χ2n) is 6.47. The Kier molecular flexibility index (Phi) is 5.55. The summed E-state index contributed by atoms with van der Waals surface area (Å²) in [5.41, 5.74) is 6.95. The van der Waals surface area contributed by atoms with Crippen LogP contribution in [0.4, 0.5) is 4.39 Å². The van der Waals surface area contributed by atoms with Crippen LogP contribution in [0, 0.1) is 19.7 Å². The zero-order valence-electron chi connectivity index (χ0n) is 15.9. The van der Waals surface area contributed by atoms with Crippen molar-refractivity contribution >= 4 is 5.71 Å². The first kappa shape index (κ1) is 18.6. The molecular weight excluding hydrogens is 339 g/mol. The van der Waals surface area contributed by atoms with E-state index in [1.54, 1.807) is 18.2 Å². The quantitative estimate of drug-likeness (QED) is 0.235. The first-order valence-corrected chi connectivity index (χ1v) is 8.84. The van der Waals surface area contributed by atoms with Gasteiger partial charge in [0.1, 0.15) is 12.4 Å². The first-order valence-electron chi connectivity index (χ1n) is 8.84. The van der Waals surface area contributed by atoms with E-state index in [0.29, 0.717) is 6.61 Å². The van der Waals surface area contributed by atoms with Crippen molar-refractivity contribution in [3.63, 3.8) is 0 Å². The summed E-state index contributed by atoms with van der Waals surface area (Å²) < 4.78 is 15.6. The van der Waals surface area contributed by atoms with E-state index in [2.05, 4.69) is 54.4 Å². The lowest BCUT2D eigenvalue weighted by Crippen LogP contribution is -2.03. The zero-order valence-corrected chi connectivity index (χ0v) is 15.9. The standard InChI is InChI=1S/C23H23FN2O/c1-5-13-27-25-17(3)22-15-23(19-9-11-20(24)12-10-19)26(18(22)4)21-8-6-7-16(2)14-21/h5-12,14-15H,1,13H2,2-4H3. The molecule has 3 nitrogen and oxygen atoms in total. The predicted octanol–water partition coefficient (Wildman–Crippen LogP) is 5.83. The maximum absolute atomic E-state index is 13.4. The van der Waals surface area contributed by atoms with Crippen LogP contribution in [0.2, 0.25) is 0 Å². The predicted molar refractivity (Wildman–Crippen MR) is 109 cm³/mol. The van der Waals surface area contributed by atoms with Crippen molar-refractivity contribution in [2.45, 2.75) is 20.8 Å². The van der Waals surface area contributed by atoms with E-state index in [1.165, 1.54) is 17.7 Å². The molecule has 0 radical (unpaired) electrons. The maximum atomic E-state index is 13.4. The molecule has 3 aromatic rings. The van der Waals surface area contributed by atoms with Crippen molar-refractivity contribution in [3.8, 4) is 16.9 Å². The Bertz CT molecular complexity index is 984. The Morgan fingerprint density at radius 3 is 2.56 bits per heavy atom. The molecule has 3 rings (SSSR count). The van der Waals surface area contributed by atoms with Crippen LogP contribution in [0.15, 0.2) is 72.4 Å². The van der Waals surface area contributed by atoms with Crippen LogP contribution in [0.5, 0.6) is 0 Å². The number of halogens is 1. The van der Waals surface area contributed by atoms with Gasteiger partial charge in [-0.25, -0.2) is 4.39 Å². The maximum Gasteiger partial charge on any atom is 0.135 e. The summed E-state index contributed by atoms with van der Waals surface area (Å²) in [4.78, 5) is 5.26. The Morgan fingerprint density at radius 1 is 1.15 bits per heavy atom. The molecule has 0 aliphatic carbocycles. The second kappa shape index (κ2) is 8.04. The molecule has 0 fully saturated rings. The number of benzene rings is 2. The largest absolute Gasteiger partial charge is 0.391 e. The second-order valence-corrected chi connectivity index (χ2v) is 6.47. The highest BCUT2D eigenvalue weighted by Gasteiger charge is 2.17. The smallest absolute Gasteiger partial charge is 0.135 e. The molecule has 0 saturated carbocycles. The van der Waals surface area contributed by atoms with E-state index in [1.807, 2.05) is 13.0 Å². The molecule has 0 spiro atoms. The van der Waals surface area contributed by atoms with E-state index in [4.69, 9.17) is 4.84 Å². The molecular formula is C23H23FN2O. The van der Waals surface area contributed by atoms with Gasteiger partial charge in [0.05, 0.1) is 11.4 Å². The van der Waals surface area contributed by atoms with Crippen molar-refractivity contribution in [1.29, 1.82) is 0 Å². The lowest BCUT2D eigenvalue weighted by Gasteiger charge is -2.13. The van der Waals surface area contributed by atoms with Crippen LogP contribution in [-0.2, 0) is 4.84 Å². The normalized spacial score (nSPS) is 11.5. The number of oxime groups is 1. The minimum atomic E-state index is -0.250. The summed E-state index contributed by atoms with van der Waals surface area (Å²) in [5.74, 6) is -0.250. The van der Waals surface area contributed by atoms with Gasteiger partial charge in [0.25, 0.3) is 0 Å². The molecule has 138 valence electrons. The Morgan fingerprint density at radius 2 is 1.89 bits per heavy atom. The Hall–Kier alpha value is -3.14. The van der Waals surface area contributed by atoms with Crippen LogP contribution < -0.4 is 0 Å². The van der Waals surface area contributed by atoms with Gasteiger partial charge in [-0.2, -0.15) is 0 Å². The van der Waals surface area contributed by atoms with Crippen molar-refractivity contribution in [3.05, 3.63) is 89.9 Å². The van der Waals surface area contributed by atoms with E-state index >= 15 is 0 Å². The van der Waals surface area contributed by atoms with Gasteiger partial charge in [0, 0.05) is 16.9 Å². The van der Waals surface area contributed by atoms with Gasteiger partial charge >= 0.3 is 0 Å². The summed E-state index contributed by atoms with van der Waals surface area (Å²) in [6.07, 6.45) is 1.66. The SMILES string of the molecule is C=CCON=C(C)c1cc(-c2ccc(F)cc2)n(-c2cccc(C)c2)c1C. The van der Waals surface area contributed by atoms with Gasteiger partial charge < -0.3 is 9.40 Å². The highest BCUT2D eigenvalue weighted by Crippen LogP contribution is 2.30. The van der Waals surface area contributed by atoms with Crippen LogP contribution in [0.25, 0.3) is 16.9 Å². The zero-order chi connectivity index (χ0) is 19.4. The van der Waals surface area contributed by atoms with Crippen molar-refractivity contribution in [2.24, 2.45) is 5.16 Å². The summed E-state index contributed by atoms with van der Waals surface area (Å²) in [5, 5.41) is 4.19. The number of hydrogen-bond acceptors (Lipinski definition) is 2. The third kappa shape index (κ3) is 4.00. The molecule has 0 bridgehead atoms. The molecule has 2 aromatic carbocycles. The first-order chi connectivity index (χ1) is 13.0. The Labute approximate surface area is 159 Å². The van der Waals surface area contributed by atoms with Gasteiger partial charge in [0.15, 0.2) is 0 Å². The van der Waals surface area contributed by atoms with E-state index < -0.39 is 0 Å². The molecule has 0 unspecified atom stereocenters. The van der Waals surface area contributed by atoms with Crippen molar-refractivity contribution < 1.29 is 9.23 Å².